The molecule has 0 aliphatic carbocycles. The summed E-state index contributed by atoms with van der Waals surface area (Å²) in [5.74, 6) is 0. The van der Waals surface area contributed by atoms with Gasteiger partial charge in [0.15, 0.2) is 0 Å². The third-order valence-electron chi connectivity index (χ3n) is 7.89. The summed E-state index contributed by atoms with van der Waals surface area (Å²) in [6, 6.07) is 0. The molecule has 12 radical (unpaired) electrons. The molecule has 0 fully saturated rings. The van der Waals surface area contributed by atoms with Crippen LogP contribution in [0.15, 0.2) is 0 Å². The van der Waals surface area contributed by atoms with Crippen LogP contribution in [-0.2, 0) is 490 Å². The van der Waals surface area contributed by atoms with Gasteiger partial charge in [0.05, 0.1) is 52.4 Å². The fourth-order valence-corrected chi connectivity index (χ4v) is 5.29. The van der Waals surface area contributed by atoms with Gasteiger partial charge in [-0.25, -0.2) is 0 Å². The minimum Gasteiger partial charge on any atom is -2.00 e. The van der Waals surface area contributed by atoms with Crippen molar-refractivity contribution in [3.8, 4) is 0 Å². The molecule has 0 aliphatic heterocycles. The molecule has 0 bridgehead atoms. The fraction of sp³-hybridized carbons (Fsp3) is 1.00. The van der Waals surface area contributed by atoms with Crippen LogP contribution in [0.5, 0.6) is 0 Å². The Balaban J connectivity index is -0.00000000548. The van der Waals surface area contributed by atoms with E-state index in [9.17, 15) is 33.7 Å². The zero-order valence-corrected chi connectivity index (χ0v) is 98.9. The molecule has 0 saturated carbocycles. The molecule has 0 amide bonds. The predicted molar refractivity (Wildman–Crippen MR) is 341 cm³/mol. The zero-order chi connectivity index (χ0) is 54.6. The first-order valence-corrected chi connectivity index (χ1v) is 39.8. The van der Waals surface area contributed by atoms with Crippen LogP contribution in [0, 0.1) is 83.5 Å². The molecule has 66 heteroatoms. The van der Waals surface area contributed by atoms with Crippen LogP contribution in [0.4, 0.5) is 0 Å². The van der Waals surface area contributed by atoms with E-state index < -0.39 is 86.4 Å². The summed E-state index contributed by atoms with van der Waals surface area (Å²) < 4.78 is 79.3. The molecule has 0 rings (SSSR count). The van der Waals surface area contributed by atoms with E-state index in [-0.39, 0.29) is 499 Å². The Morgan fingerprint density at radius 3 is 0.219 bits per heavy atom. The van der Waals surface area contributed by atoms with Crippen molar-refractivity contribution in [3.63, 3.8) is 0 Å². The number of rotatable bonds is 24. The van der Waals surface area contributed by atoms with Crippen molar-refractivity contribution in [2.24, 2.45) is 0 Å². The summed E-state index contributed by atoms with van der Waals surface area (Å²) in [5, 5.41) is 0. The van der Waals surface area contributed by atoms with Gasteiger partial charge in [0.2, 0.25) is 0 Å². The molecule has 0 aliphatic rings. The van der Waals surface area contributed by atoms with Gasteiger partial charge >= 0.3 is 139 Å². The molecule has 114 heavy (non-hydrogen) atoms. The second-order valence-electron chi connectivity index (χ2n) is 17.2. The normalized spacial score (nSPS) is 6.04. The maximum Gasteiger partial charge on any atom is 4.00 e. The van der Waals surface area contributed by atoms with Gasteiger partial charge in [0.1, 0.15) is 0 Å². The average Bonchev–Trinajstić information content (AvgIpc) is 3.15. The first-order chi connectivity index (χ1) is 30.3. The molecule has 0 saturated heterocycles. The molecule has 0 aromatic carbocycles. The number of hydrogen-bond donors (Lipinski definition) is 0. The van der Waals surface area contributed by atoms with Gasteiger partial charge in [-0.15, -0.1) is 0 Å². The molecule has 0 atom stereocenters. The standard InChI is InChI=1S/2C16H36N.8C2H6OS.2Ce.ClH.33O.12V/c2*1-5-9-13-17(14-10-6-2,15-11-7-3)16-12-8-4;8*1-4(2)3;;;;;;;;;;;;;;;;;;;;;;;;;;;;;;;;;;;;;;;;;;;;;;;;/h2*5-16H2,1-4H3;8*1-2H3;;;1H;;;;;;;;;;;;;;;;;;;;;;;;;;;;;;;;;;;;;;;;;;;;;/q2*+1;;;;;;;;;2*+4;;33*-2;;;;;;;;;;3*+4/p-1. The SMILES string of the molecule is CCCC[N+](CCCC)(CCCC)CCCC.CCCC[N+](CCCC)(CCCC)CCCC.CS(C)=O.CS(C)=O.CS(C)=O.CS(C)=O.CS(C)=O.CS(C)=O.CS(C)=O.CS(C)=O.[Ce+4].[Ce+4].[Cl-].[O-2].[O-2].[O-2].[O-2].[O-2].[O-2].[O-2].[O-2].[O-2].[O-2].[O-2].[O-2].[O-2].[O-2].[O-2].[O-2].[O-2].[O-2].[O-2].[O-2].[O-2].[O-2].[O-2].[O-2].[O-2].[O-2].[O-2].[O-2].[O-2].[O-2].[O-2].[O-2].[O-2].[V+4].[V+4].[V+4].[V].[V].[V].[V].[V].[V].[V].[V].[V]. The van der Waals surface area contributed by atoms with Gasteiger partial charge < -0.3 is 202 Å². The number of unbranched alkanes of at least 4 members (excludes halogenated alkanes) is 8. The maximum atomic E-state index is 9.56. The van der Waals surface area contributed by atoms with Crippen molar-refractivity contribution in [1.29, 1.82) is 0 Å². The Morgan fingerprint density at radius 2 is 0.193 bits per heavy atom. The summed E-state index contributed by atoms with van der Waals surface area (Å²) in [6.07, 6.45) is 48.3. The smallest absolute Gasteiger partial charge is 2.00 e. The first-order valence-electron chi connectivity index (χ1n) is 24.1. The Hall–Kier alpha value is 9.86. The van der Waals surface area contributed by atoms with E-state index in [2.05, 4.69) is 55.4 Å². The summed E-state index contributed by atoms with van der Waals surface area (Å²) >= 11 is 0. The van der Waals surface area contributed by atoms with E-state index in [4.69, 9.17) is 0 Å². The second kappa shape index (κ2) is 374. The van der Waals surface area contributed by atoms with Crippen LogP contribution >= 0.6 is 0 Å². The number of hydrogen-bond acceptors (Lipinski definition) is 8. The largest absolute Gasteiger partial charge is 4.00 e. The fourth-order valence-electron chi connectivity index (χ4n) is 5.29. The predicted octanol–water partition coefficient (Wildman–Crippen LogP) is 3.02. The number of nitrogens with zero attached hydrogens (tertiary/aromatic N) is 2. The van der Waals surface area contributed by atoms with Crippen molar-refractivity contribution in [3.05, 3.63) is 0 Å². The van der Waals surface area contributed by atoms with E-state index in [1.54, 1.807) is 100 Å². The van der Waals surface area contributed by atoms with Gasteiger partial charge in [-0.1, -0.05) is 107 Å². The van der Waals surface area contributed by atoms with E-state index in [1.165, 1.54) is 164 Å². The van der Waals surface area contributed by atoms with Crippen molar-refractivity contribution < 1.29 is 542 Å². The molecular formula is C48H120Ce2ClN2O41S8V12-45. The summed E-state index contributed by atoms with van der Waals surface area (Å²) in [6.45, 7) is 30.0. The first kappa shape index (κ1) is 431. The van der Waals surface area contributed by atoms with Gasteiger partial charge in [0.25, 0.3) is 0 Å². The molecule has 0 unspecified atom stereocenters. The van der Waals surface area contributed by atoms with Gasteiger partial charge in [-0.3, -0.25) is 33.7 Å². The minimum absolute atomic E-state index is 0. The van der Waals surface area contributed by atoms with E-state index in [0.29, 0.717) is 0 Å². The maximum absolute atomic E-state index is 9.56. The summed E-state index contributed by atoms with van der Waals surface area (Å²) in [7, 11) is -4.89. The zero-order valence-electron chi connectivity index (χ0n) is 68.6. The summed E-state index contributed by atoms with van der Waals surface area (Å²) in [4.78, 5) is 0. The van der Waals surface area contributed by atoms with Crippen molar-refractivity contribution in [2.75, 3.05) is 152 Å². The Morgan fingerprint density at radius 1 is 0.158 bits per heavy atom. The Labute approximate surface area is 925 Å². The van der Waals surface area contributed by atoms with E-state index in [1.807, 2.05) is 0 Å². The van der Waals surface area contributed by atoms with Crippen molar-refractivity contribution >= 4 is 86.4 Å². The Kier molecular flexibility index (Phi) is 1410. The molecule has 0 aromatic heterocycles. The number of quaternary nitrogens is 2. The van der Waals surface area contributed by atoms with Crippen molar-refractivity contribution in [2.45, 2.75) is 158 Å². The molecule has 0 aromatic rings. The number of halogens is 1. The molecule has 0 N–H and O–H groups in total. The third-order valence-corrected chi connectivity index (χ3v) is 7.89. The molecular weight excluding hydrogens is 2440 g/mol. The van der Waals surface area contributed by atoms with Crippen LogP contribution in [0.2, 0.25) is 0 Å². The average molecular weight is 2570 g/mol. The third kappa shape index (κ3) is 716. The molecule has 0 heterocycles. The molecule has 736 valence electrons. The summed E-state index contributed by atoms with van der Waals surface area (Å²) in [5.41, 5.74) is 0. The van der Waals surface area contributed by atoms with Crippen molar-refractivity contribution in [1.82, 2.24) is 0 Å². The van der Waals surface area contributed by atoms with Gasteiger partial charge in [0, 0.05) is 353 Å². The van der Waals surface area contributed by atoms with Gasteiger partial charge in [-0.2, -0.15) is 0 Å². The van der Waals surface area contributed by atoms with E-state index >= 15 is 0 Å². The quantitative estimate of drug-likeness (QED) is 0.129. The van der Waals surface area contributed by atoms with E-state index in [0.717, 1.165) is 0 Å². The second-order valence-corrected chi connectivity index (χ2v) is 29.1. The van der Waals surface area contributed by atoms with Crippen LogP contribution in [0.25, 0.3) is 0 Å². The Bertz CT molecular complexity index is 971. The van der Waals surface area contributed by atoms with Crippen LogP contribution < -0.4 is 12.4 Å². The molecule has 0 spiro atoms. The van der Waals surface area contributed by atoms with Crippen LogP contribution in [-0.4, -0.2) is 195 Å². The van der Waals surface area contributed by atoms with Gasteiger partial charge in [-0.05, 0) is 51.4 Å². The van der Waals surface area contributed by atoms with Crippen LogP contribution in [0.1, 0.15) is 158 Å². The minimum atomic E-state index is -0.611. The molecule has 43 nitrogen and oxygen atoms in total. The van der Waals surface area contributed by atoms with Crippen LogP contribution in [0.3, 0.4) is 0 Å². The monoisotopic (exact) mass is 2560 g/mol. The topological polar surface area (TPSA) is 1080 Å².